The van der Waals surface area contributed by atoms with Crippen molar-refractivity contribution in [2.75, 3.05) is 6.61 Å². The van der Waals surface area contributed by atoms with Gasteiger partial charge in [0.25, 0.3) is 0 Å². The molecule has 0 bridgehead atoms. The van der Waals surface area contributed by atoms with E-state index in [1.807, 2.05) is 17.5 Å². The van der Waals surface area contributed by atoms with Crippen LogP contribution in [-0.2, 0) is 21.0 Å². The Kier molecular flexibility index (Phi) is 3.21. The minimum absolute atomic E-state index is 0.0145. The lowest BCUT2D eigenvalue weighted by molar-refractivity contribution is 0.272. The standard InChI is InChI=1S/C6H8O4S2/c7-12(8,9)10-4-3-6-2-1-5-11-6/h1-2,5H,3-4H2,(H,7,8,9). The number of hydrogen-bond donors (Lipinski definition) is 1. The Morgan fingerprint density at radius 2 is 2.33 bits per heavy atom. The Bertz CT molecular complexity index is 313. The molecule has 0 saturated carbocycles. The predicted molar refractivity (Wildman–Crippen MR) is 45.5 cm³/mol. The fourth-order valence-corrected chi connectivity index (χ4v) is 1.69. The molecule has 0 atom stereocenters. The summed E-state index contributed by atoms with van der Waals surface area (Å²) < 4.78 is 32.5. The van der Waals surface area contributed by atoms with Crippen molar-refractivity contribution in [3.8, 4) is 0 Å². The maximum Gasteiger partial charge on any atom is 0.397 e. The normalized spacial score (nSPS) is 11.8. The van der Waals surface area contributed by atoms with Crippen molar-refractivity contribution in [3.63, 3.8) is 0 Å². The summed E-state index contributed by atoms with van der Waals surface area (Å²) in [5.41, 5.74) is 0. The van der Waals surface area contributed by atoms with Crippen LogP contribution in [0.1, 0.15) is 4.88 Å². The lowest BCUT2D eigenvalue weighted by atomic mass is 10.4. The van der Waals surface area contributed by atoms with Crippen molar-refractivity contribution in [2.45, 2.75) is 6.42 Å². The van der Waals surface area contributed by atoms with E-state index in [0.717, 1.165) is 4.88 Å². The van der Waals surface area contributed by atoms with Crippen molar-refractivity contribution in [1.82, 2.24) is 0 Å². The average Bonchev–Trinajstić information content (AvgIpc) is 2.36. The van der Waals surface area contributed by atoms with Crippen molar-refractivity contribution < 1.29 is 17.2 Å². The molecule has 1 rings (SSSR count). The Hall–Kier alpha value is -0.430. The molecule has 4 nitrogen and oxygen atoms in total. The van der Waals surface area contributed by atoms with Crippen LogP contribution in [0.3, 0.4) is 0 Å². The summed E-state index contributed by atoms with van der Waals surface area (Å²) >= 11 is 1.52. The second-order valence-electron chi connectivity index (χ2n) is 2.08. The van der Waals surface area contributed by atoms with Gasteiger partial charge in [-0.05, 0) is 11.4 Å². The van der Waals surface area contributed by atoms with E-state index in [-0.39, 0.29) is 6.61 Å². The Morgan fingerprint density at radius 3 is 2.83 bits per heavy atom. The first-order valence-corrected chi connectivity index (χ1v) is 5.46. The molecule has 0 spiro atoms. The molecule has 1 aromatic rings. The van der Waals surface area contributed by atoms with Gasteiger partial charge in [-0.1, -0.05) is 6.07 Å². The summed E-state index contributed by atoms with van der Waals surface area (Å²) in [4.78, 5) is 1.03. The Balaban J connectivity index is 2.29. The van der Waals surface area contributed by atoms with Crippen LogP contribution in [0.4, 0.5) is 0 Å². The highest BCUT2D eigenvalue weighted by Crippen LogP contribution is 2.09. The number of thiophene rings is 1. The van der Waals surface area contributed by atoms with Gasteiger partial charge in [0, 0.05) is 11.3 Å². The van der Waals surface area contributed by atoms with Gasteiger partial charge in [0.2, 0.25) is 0 Å². The SMILES string of the molecule is O=S(=O)(O)OCCc1cccs1. The molecule has 0 aliphatic heterocycles. The van der Waals surface area contributed by atoms with Gasteiger partial charge < -0.3 is 0 Å². The van der Waals surface area contributed by atoms with Gasteiger partial charge in [-0.15, -0.1) is 11.3 Å². The molecule has 0 amide bonds. The summed E-state index contributed by atoms with van der Waals surface area (Å²) in [6.45, 7) is -0.0145. The highest BCUT2D eigenvalue weighted by atomic mass is 32.3. The van der Waals surface area contributed by atoms with E-state index in [2.05, 4.69) is 4.18 Å². The van der Waals surface area contributed by atoms with Crippen molar-refractivity contribution in [2.24, 2.45) is 0 Å². The average molecular weight is 208 g/mol. The van der Waals surface area contributed by atoms with E-state index < -0.39 is 10.4 Å². The lowest BCUT2D eigenvalue weighted by Gasteiger charge is -1.96. The van der Waals surface area contributed by atoms with E-state index in [1.165, 1.54) is 11.3 Å². The summed E-state index contributed by atoms with van der Waals surface area (Å²) in [6, 6.07) is 3.74. The highest BCUT2D eigenvalue weighted by molar-refractivity contribution is 7.80. The van der Waals surface area contributed by atoms with Gasteiger partial charge >= 0.3 is 10.4 Å². The minimum Gasteiger partial charge on any atom is -0.264 e. The van der Waals surface area contributed by atoms with Crippen molar-refractivity contribution in [3.05, 3.63) is 22.4 Å². The van der Waals surface area contributed by atoms with E-state index >= 15 is 0 Å². The van der Waals surface area contributed by atoms with Crippen molar-refractivity contribution >= 4 is 21.7 Å². The molecular formula is C6H8O4S2. The van der Waals surface area contributed by atoms with Gasteiger partial charge in [0.1, 0.15) is 0 Å². The first-order valence-electron chi connectivity index (χ1n) is 3.22. The number of hydrogen-bond acceptors (Lipinski definition) is 4. The molecule has 68 valence electrons. The van der Waals surface area contributed by atoms with Gasteiger partial charge in [0.05, 0.1) is 6.61 Å². The molecule has 0 unspecified atom stereocenters. The molecule has 0 aliphatic rings. The second kappa shape index (κ2) is 3.99. The molecular weight excluding hydrogens is 200 g/mol. The molecule has 0 saturated heterocycles. The summed E-state index contributed by atoms with van der Waals surface area (Å²) in [5, 5.41) is 1.89. The Morgan fingerprint density at radius 1 is 1.58 bits per heavy atom. The molecule has 0 fully saturated rings. The predicted octanol–water partition coefficient (Wildman–Crippen LogP) is 1.11. The van der Waals surface area contributed by atoms with Crippen LogP contribution in [0.25, 0.3) is 0 Å². The van der Waals surface area contributed by atoms with E-state index in [0.29, 0.717) is 6.42 Å². The van der Waals surface area contributed by atoms with Crippen LogP contribution in [0, 0.1) is 0 Å². The lowest BCUT2D eigenvalue weighted by Crippen LogP contribution is -2.06. The molecule has 6 heteroatoms. The van der Waals surface area contributed by atoms with Gasteiger partial charge in [-0.2, -0.15) is 8.42 Å². The van der Waals surface area contributed by atoms with Crippen LogP contribution in [-0.4, -0.2) is 19.6 Å². The third-order valence-corrected chi connectivity index (χ3v) is 2.56. The zero-order chi connectivity index (χ0) is 9.03. The smallest absolute Gasteiger partial charge is 0.264 e. The first-order chi connectivity index (χ1) is 5.58. The van der Waals surface area contributed by atoms with Crippen LogP contribution < -0.4 is 0 Å². The van der Waals surface area contributed by atoms with Crippen LogP contribution in [0.2, 0.25) is 0 Å². The summed E-state index contributed by atoms with van der Waals surface area (Å²) in [5.74, 6) is 0. The fourth-order valence-electron chi connectivity index (χ4n) is 0.702. The van der Waals surface area contributed by atoms with E-state index in [9.17, 15) is 8.42 Å². The van der Waals surface area contributed by atoms with Crippen molar-refractivity contribution in [1.29, 1.82) is 0 Å². The molecule has 1 heterocycles. The Labute approximate surface area is 74.8 Å². The highest BCUT2D eigenvalue weighted by Gasteiger charge is 2.03. The molecule has 12 heavy (non-hydrogen) atoms. The van der Waals surface area contributed by atoms with Crippen LogP contribution in [0.15, 0.2) is 17.5 Å². The zero-order valence-electron chi connectivity index (χ0n) is 6.13. The van der Waals surface area contributed by atoms with Crippen LogP contribution >= 0.6 is 11.3 Å². The monoisotopic (exact) mass is 208 g/mol. The third kappa shape index (κ3) is 3.82. The molecule has 0 radical (unpaired) electrons. The maximum absolute atomic E-state index is 10.1. The maximum atomic E-state index is 10.1. The molecule has 0 aliphatic carbocycles. The third-order valence-electron chi connectivity index (χ3n) is 1.16. The largest absolute Gasteiger partial charge is 0.397 e. The molecule has 0 aromatic carbocycles. The van der Waals surface area contributed by atoms with Gasteiger partial charge in [-0.25, -0.2) is 4.18 Å². The van der Waals surface area contributed by atoms with E-state index in [1.54, 1.807) is 0 Å². The number of rotatable bonds is 4. The van der Waals surface area contributed by atoms with E-state index in [4.69, 9.17) is 4.55 Å². The molecule has 1 N–H and O–H groups in total. The quantitative estimate of drug-likeness (QED) is 0.753. The minimum atomic E-state index is -4.27. The summed E-state index contributed by atoms with van der Waals surface area (Å²) in [7, 11) is -4.27. The molecule has 1 aromatic heterocycles. The zero-order valence-corrected chi connectivity index (χ0v) is 7.77. The van der Waals surface area contributed by atoms with Crippen LogP contribution in [0.5, 0.6) is 0 Å². The van der Waals surface area contributed by atoms with Gasteiger partial charge in [0.15, 0.2) is 0 Å². The fraction of sp³-hybridized carbons (Fsp3) is 0.333. The van der Waals surface area contributed by atoms with Gasteiger partial charge in [-0.3, -0.25) is 4.55 Å². The summed E-state index contributed by atoms with van der Waals surface area (Å²) in [6.07, 6.45) is 0.497. The second-order valence-corrected chi connectivity index (χ2v) is 4.20. The first kappa shape index (κ1) is 9.66. The topological polar surface area (TPSA) is 63.6 Å².